The van der Waals surface area contributed by atoms with Crippen LogP contribution in [-0.4, -0.2) is 32.4 Å². The first-order valence-electron chi connectivity index (χ1n) is 12.7. The maximum Gasteiger partial charge on any atom is 0.227 e. The fraction of sp³-hybridized carbons (Fsp3) is 0.667. The van der Waals surface area contributed by atoms with Gasteiger partial charge >= 0.3 is 0 Å². The smallest absolute Gasteiger partial charge is 0.227 e. The van der Waals surface area contributed by atoms with Crippen LogP contribution in [0, 0.1) is 31.6 Å². The van der Waals surface area contributed by atoms with E-state index in [4.69, 9.17) is 0 Å². The lowest BCUT2D eigenvalue weighted by Crippen LogP contribution is -2.30. The summed E-state index contributed by atoms with van der Waals surface area (Å²) in [5.41, 5.74) is 3.07. The predicted octanol–water partition coefficient (Wildman–Crippen LogP) is 5.51. The molecule has 0 radical (unpaired) electrons. The maximum atomic E-state index is 13.2. The van der Waals surface area contributed by atoms with E-state index in [2.05, 4.69) is 40.0 Å². The van der Waals surface area contributed by atoms with Crippen molar-refractivity contribution in [2.24, 2.45) is 17.8 Å². The Kier molecular flexibility index (Phi) is 7.22. The molecule has 1 heterocycles. The third-order valence-corrected chi connectivity index (χ3v) is 7.49. The van der Waals surface area contributed by atoms with Crippen LogP contribution in [0.25, 0.3) is 0 Å². The van der Waals surface area contributed by atoms with Gasteiger partial charge in [-0.15, -0.1) is 10.2 Å². The number of aliphatic hydroxyl groups is 1. The van der Waals surface area contributed by atoms with Crippen molar-refractivity contribution < 1.29 is 9.90 Å². The number of hydrogen-bond donors (Lipinski definition) is 2. The number of benzene rings is 1. The van der Waals surface area contributed by atoms with Crippen molar-refractivity contribution in [3.8, 4) is 0 Å². The number of anilines is 1. The molecule has 6 nitrogen and oxygen atoms in total. The highest BCUT2D eigenvalue weighted by Crippen LogP contribution is 2.48. The van der Waals surface area contributed by atoms with Gasteiger partial charge in [-0.25, -0.2) is 0 Å². The number of hydrogen-bond acceptors (Lipinski definition) is 4. The van der Waals surface area contributed by atoms with E-state index >= 15 is 0 Å². The fourth-order valence-electron chi connectivity index (χ4n) is 5.48. The van der Waals surface area contributed by atoms with Crippen LogP contribution < -0.4 is 5.32 Å². The molecule has 2 aliphatic carbocycles. The number of nitrogens with one attached hydrogen (secondary N) is 1. The highest BCUT2D eigenvalue weighted by atomic mass is 16.3. The summed E-state index contributed by atoms with van der Waals surface area (Å²) in [6, 6.07) is 6.50. The molecule has 2 aromatic rings. The Hall–Kier alpha value is -2.21. The minimum atomic E-state index is -0.317. The quantitative estimate of drug-likeness (QED) is 0.498. The second-order valence-electron chi connectivity index (χ2n) is 10.9. The van der Waals surface area contributed by atoms with Crippen molar-refractivity contribution in [2.75, 3.05) is 11.9 Å². The average Bonchev–Trinajstić information content (AvgIpc) is 3.49. The second kappa shape index (κ2) is 9.96. The summed E-state index contributed by atoms with van der Waals surface area (Å²) in [6.45, 7) is 10.6. The molecular formula is C27H40N4O2. The molecular weight excluding hydrogens is 412 g/mol. The SMILES string of the molecule is Cc1ccc(NC(=O)C(C)C(CCO)c2nnc([C@H]3C[C@@H](CC(C)C)C3)n2C2CC2)c(C)c1. The molecule has 2 saturated carbocycles. The Morgan fingerprint density at radius 2 is 1.91 bits per heavy atom. The number of nitrogens with zero attached hydrogens (tertiary/aromatic N) is 3. The monoisotopic (exact) mass is 452 g/mol. The zero-order valence-electron chi connectivity index (χ0n) is 20.8. The van der Waals surface area contributed by atoms with E-state index in [0.29, 0.717) is 18.4 Å². The zero-order chi connectivity index (χ0) is 23.7. The summed E-state index contributed by atoms with van der Waals surface area (Å²) in [6.07, 6.45) is 6.47. The van der Waals surface area contributed by atoms with Crippen molar-refractivity contribution in [2.45, 2.75) is 91.0 Å². The first-order valence-corrected chi connectivity index (χ1v) is 12.7. The number of aliphatic hydroxyl groups excluding tert-OH is 1. The summed E-state index contributed by atoms with van der Waals surface area (Å²) in [5, 5.41) is 22.3. The molecule has 180 valence electrons. The molecule has 6 heteroatoms. The van der Waals surface area contributed by atoms with Crippen molar-refractivity contribution in [3.63, 3.8) is 0 Å². The van der Waals surface area contributed by atoms with Crippen LogP contribution >= 0.6 is 0 Å². The lowest BCUT2D eigenvalue weighted by atomic mass is 9.71. The van der Waals surface area contributed by atoms with E-state index in [-0.39, 0.29) is 24.3 Å². The highest BCUT2D eigenvalue weighted by Gasteiger charge is 2.40. The van der Waals surface area contributed by atoms with Gasteiger partial charge in [0, 0.05) is 36.1 Å². The number of amides is 1. The van der Waals surface area contributed by atoms with Gasteiger partial charge in [0.25, 0.3) is 0 Å². The molecule has 1 aromatic carbocycles. The first-order chi connectivity index (χ1) is 15.8. The van der Waals surface area contributed by atoms with Crippen LogP contribution in [0.15, 0.2) is 18.2 Å². The van der Waals surface area contributed by atoms with Crippen molar-refractivity contribution in [3.05, 3.63) is 41.0 Å². The standard InChI is InChI=1S/C27H40N4O2/c1-16(2)12-20-14-21(15-20)25-29-30-26(31(25)22-7-8-22)23(10-11-32)19(5)27(33)28-24-9-6-17(3)13-18(24)4/h6,9,13,16,19-23,32H,7-8,10-12,14-15H2,1-5H3,(H,28,33)/t19?,20-,21+,23?. The van der Waals surface area contributed by atoms with E-state index in [1.54, 1.807) is 0 Å². The van der Waals surface area contributed by atoms with E-state index in [1.807, 2.05) is 32.9 Å². The van der Waals surface area contributed by atoms with Gasteiger partial charge in [0.15, 0.2) is 0 Å². The van der Waals surface area contributed by atoms with Crippen LogP contribution in [-0.2, 0) is 4.79 Å². The Bertz CT molecular complexity index is 972. The molecule has 2 N–H and O–H groups in total. The lowest BCUT2D eigenvalue weighted by molar-refractivity contribution is -0.120. The third kappa shape index (κ3) is 5.32. The Morgan fingerprint density at radius 3 is 2.52 bits per heavy atom. The normalized spacial score (nSPS) is 22.2. The summed E-state index contributed by atoms with van der Waals surface area (Å²) in [4.78, 5) is 13.2. The minimum absolute atomic E-state index is 0.0264. The predicted molar refractivity (Wildman–Crippen MR) is 131 cm³/mol. The van der Waals surface area contributed by atoms with Crippen molar-refractivity contribution in [1.82, 2.24) is 14.8 Å². The molecule has 2 atom stereocenters. The van der Waals surface area contributed by atoms with Gasteiger partial charge in [0.05, 0.1) is 0 Å². The van der Waals surface area contributed by atoms with E-state index in [9.17, 15) is 9.90 Å². The van der Waals surface area contributed by atoms with Gasteiger partial charge < -0.3 is 15.0 Å². The Balaban J connectivity index is 1.53. The number of carbonyl (C=O) groups excluding carboxylic acids is 1. The second-order valence-corrected chi connectivity index (χ2v) is 10.9. The topological polar surface area (TPSA) is 80.0 Å². The highest BCUT2D eigenvalue weighted by molar-refractivity contribution is 5.93. The molecule has 1 amide bonds. The molecule has 33 heavy (non-hydrogen) atoms. The van der Waals surface area contributed by atoms with Gasteiger partial charge in [0.1, 0.15) is 11.6 Å². The number of carbonyl (C=O) groups is 1. The maximum absolute atomic E-state index is 13.2. The molecule has 4 rings (SSSR count). The van der Waals surface area contributed by atoms with Gasteiger partial charge in [-0.1, -0.05) is 38.5 Å². The van der Waals surface area contributed by atoms with Gasteiger partial charge in [-0.3, -0.25) is 4.79 Å². The minimum Gasteiger partial charge on any atom is -0.396 e. The molecule has 2 fully saturated rings. The summed E-state index contributed by atoms with van der Waals surface area (Å²) in [5.74, 6) is 3.49. The Labute approximate surface area is 198 Å². The Morgan fingerprint density at radius 1 is 1.18 bits per heavy atom. The van der Waals surface area contributed by atoms with Crippen LogP contribution in [0.1, 0.15) is 99.9 Å². The van der Waals surface area contributed by atoms with Crippen LogP contribution in [0.5, 0.6) is 0 Å². The molecule has 0 saturated heterocycles. The van der Waals surface area contributed by atoms with Gasteiger partial charge in [-0.2, -0.15) is 0 Å². The van der Waals surface area contributed by atoms with Crippen molar-refractivity contribution >= 4 is 11.6 Å². The van der Waals surface area contributed by atoms with Gasteiger partial charge in [-0.05, 0) is 75.8 Å². The molecule has 0 spiro atoms. The summed E-state index contributed by atoms with van der Waals surface area (Å²) >= 11 is 0. The first kappa shape index (κ1) is 23.9. The average molecular weight is 453 g/mol. The van der Waals surface area contributed by atoms with Crippen LogP contribution in [0.3, 0.4) is 0 Å². The van der Waals surface area contributed by atoms with E-state index < -0.39 is 0 Å². The molecule has 2 unspecified atom stereocenters. The van der Waals surface area contributed by atoms with Crippen LogP contribution in [0.2, 0.25) is 0 Å². The van der Waals surface area contributed by atoms with Crippen LogP contribution in [0.4, 0.5) is 5.69 Å². The molecule has 1 aromatic heterocycles. The largest absolute Gasteiger partial charge is 0.396 e. The number of rotatable bonds is 10. The molecule has 0 bridgehead atoms. The van der Waals surface area contributed by atoms with Gasteiger partial charge in [0.2, 0.25) is 5.91 Å². The number of aryl methyl sites for hydroxylation is 2. The third-order valence-electron chi connectivity index (χ3n) is 7.49. The van der Waals surface area contributed by atoms with E-state index in [0.717, 1.165) is 47.6 Å². The van der Waals surface area contributed by atoms with Crippen molar-refractivity contribution in [1.29, 1.82) is 0 Å². The summed E-state index contributed by atoms with van der Waals surface area (Å²) in [7, 11) is 0. The lowest BCUT2D eigenvalue weighted by Gasteiger charge is -2.36. The summed E-state index contributed by atoms with van der Waals surface area (Å²) < 4.78 is 2.34. The fourth-order valence-corrected chi connectivity index (χ4v) is 5.48. The van der Waals surface area contributed by atoms with E-state index in [1.165, 1.54) is 24.8 Å². The number of aromatic nitrogens is 3. The molecule has 0 aliphatic heterocycles. The molecule has 2 aliphatic rings. The zero-order valence-corrected chi connectivity index (χ0v) is 20.8.